The van der Waals surface area contributed by atoms with E-state index in [0.717, 1.165) is 31.2 Å². The minimum absolute atomic E-state index is 0.188. The monoisotopic (exact) mass is 317 g/mol. The molecule has 130 valence electrons. The van der Waals surface area contributed by atoms with Gasteiger partial charge in [-0.3, -0.25) is 0 Å². The van der Waals surface area contributed by atoms with Crippen LogP contribution in [0.4, 0.5) is 0 Å². The quantitative estimate of drug-likeness (QED) is 0.829. The molecule has 0 radical (unpaired) electrons. The van der Waals surface area contributed by atoms with E-state index in [1.54, 1.807) is 7.11 Å². The zero-order chi connectivity index (χ0) is 17.1. The Morgan fingerprint density at radius 3 is 2.30 bits per heavy atom. The van der Waals surface area contributed by atoms with E-state index in [1.165, 1.54) is 30.4 Å². The van der Waals surface area contributed by atoms with Crippen molar-refractivity contribution in [2.75, 3.05) is 20.2 Å². The van der Waals surface area contributed by atoms with Crippen molar-refractivity contribution in [3.63, 3.8) is 0 Å². The Morgan fingerprint density at radius 1 is 1.09 bits per heavy atom. The van der Waals surface area contributed by atoms with Crippen LogP contribution in [0.2, 0.25) is 0 Å². The van der Waals surface area contributed by atoms with E-state index >= 15 is 0 Å². The van der Waals surface area contributed by atoms with E-state index in [1.807, 2.05) is 0 Å². The van der Waals surface area contributed by atoms with Crippen molar-refractivity contribution >= 4 is 0 Å². The lowest BCUT2D eigenvalue weighted by molar-refractivity contribution is 0.283. The van der Waals surface area contributed by atoms with Gasteiger partial charge in [0.05, 0.1) is 7.11 Å². The first kappa shape index (κ1) is 18.3. The fraction of sp³-hybridized carbons (Fsp3) is 0.714. The molecule has 0 aromatic heterocycles. The van der Waals surface area contributed by atoms with Gasteiger partial charge < -0.3 is 10.1 Å². The molecule has 0 saturated carbocycles. The van der Waals surface area contributed by atoms with Crippen molar-refractivity contribution in [2.45, 2.75) is 65.7 Å². The third-order valence-corrected chi connectivity index (χ3v) is 5.00. The van der Waals surface area contributed by atoms with Crippen molar-refractivity contribution in [3.05, 3.63) is 29.3 Å². The molecular formula is C21H35NO. The van der Waals surface area contributed by atoms with Gasteiger partial charge in [0, 0.05) is 0 Å². The fourth-order valence-electron chi connectivity index (χ4n) is 4.18. The molecule has 0 amide bonds. The lowest BCUT2D eigenvalue weighted by Gasteiger charge is -2.33. The summed E-state index contributed by atoms with van der Waals surface area (Å²) in [6, 6.07) is 6.85. The van der Waals surface area contributed by atoms with E-state index in [0.29, 0.717) is 5.41 Å². The number of piperidine rings is 1. The van der Waals surface area contributed by atoms with Crippen LogP contribution in [0.5, 0.6) is 5.75 Å². The van der Waals surface area contributed by atoms with Crippen molar-refractivity contribution in [1.29, 1.82) is 0 Å². The Kier molecular flexibility index (Phi) is 5.78. The first-order valence-electron chi connectivity index (χ1n) is 9.09. The fourth-order valence-corrected chi connectivity index (χ4v) is 4.18. The summed E-state index contributed by atoms with van der Waals surface area (Å²) in [7, 11) is 1.79. The minimum Gasteiger partial charge on any atom is -0.496 e. The number of hydrogen-bond donors (Lipinski definition) is 1. The van der Waals surface area contributed by atoms with E-state index in [2.05, 4.69) is 58.1 Å². The largest absolute Gasteiger partial charge is 0.496 e. The van der Waals surface area contributed by atoms with E-state index in [4.69, 9.17) is 4.74 Å². The second-order valence-electron chi connectivity index (χ2n) is 9.05. The van der Waals surface area contributed by atoms with E-state index < -0.39 is 0 Å². The molecule has 23 heavy (non-hydrogen) atoms. The number of methoxy groups -OCH3 is 1. The standard InChI is InChI=1S/C21H35NO/c1-20(2,3)15-21(4,5)18-7-8-19(23-6)17(14-18)13-16-9-11-22-12-10-16/h7-8,14,16,22H,9-13,15H2,1-6H3. The normalized spacial score (nSPS) is 17.3. The molecule has 2 rings (SSSR count). The molecule has 1 N–H and O–H groups in total. The summed E-state index contributed by atoms with van der Waals surface area (Å²) < 4.78 is 5.64. The topological polar surface area (TPSA) is 21.3 Å². The SMILES string of the molecule is COc1ccc(C(C)(C)CC(C)(C)C)cc1CC1CCNCC1. The maximum Gasteiger partial charge on any atom is 0.122 e. The second-order valence-corrected chi connectivity index (χ2v) is 9.05. The molecule has 0 bridgehead atoms. The van der Waals surface area contributed by atoms with Crippen molar-refractivity contribution in [1.82, 2.24) is 5.32 Å². The molecule has 1 aliphatic heterocycles. The summed E-state index contributed by atoms with van der Waals surface area (Å²) in [4.78, 5) is 0. The zero-order valence-electron chi connectivity index (χ0n) is 16.0. The smallest absolute Gasteiger partial charge is 0.122 e. The molecule has 0 aliphatic carbocycles. The van der Waals surface area contributed by atoms with Crippen LogP contribution in [-0.2, 0) is 11.8 Å². The summed E-state index contributed by atoms with van der Waals surface area (Å²) in [5.74, 6) is 1.84. The van der Waals surface area contributed by atoms with Crippen molar-refractivity contribution in [2.24, 2.45) is 11.3 Å². The Hall–Kier alpha value is -1.02. The van der Waals surface area contributed by atoms with Gasteiger partial charge in [-0.1, -0.05) is 46.8 Å². The van der Waals surface area contributed by atoms with Crippen LogP contribution in [0.25, 0.3) is 0 Å². The average molecular weight is 318 g/mol. The van der Waals surface area contributed by atoms with E-state index in [9.17, 15) is 0 Å². The Morgan fingerprint density at radius 2 is 1.74 bits per heavy atom. The summed E-state index contributed by atoms with van der Waals surface area (Å²) in [6.07, 6.45) is 4.88. The van der Waals surface area contributed by atoms with Gasteiger partial charge in [0.25, 0.3) is 0 Å². The first-order chi connectivity index (χ1) is 10.7. The minimum atomic E-state index is 0.188. The zero-order valence-corrected chi connectivity index (χ0v) is 16.0. The molecule has 1 saturated heterocycles. The van der Waals surface area contributed by atoms with Crippen LogP contribution in [0.15, 0.2) is 18.2 Å². The Balaban J connectivity index is 2.23. The van der Waals surface area contributed by atoms with Crippen LogP contribution in [0.3, 0.4) is 0 Å². The van der Waals surface area contributed by atoms with Crippen LogP contribution < -0.4 is 10.1 Å². The summed E-state index contributed by atoms with van der Waals surface area (Å²) in [6.45, 7) is 14.0. The third kappa shape index (κ3) is 5.24. The molecular weight excluding hydrogens is 282 g/mol. The molecule has 1 heterocycles. The summed E-state index contributed by atoms with van der Waals surface area (Å²) in [5, 5.41) is 3.46. The maximum atomic E-state index is 5.64. The van der Waals surface area contributed by atoms with Crippen molar-refractivity contribution < 1.29 is 4.74 Å². The molecule has 0 unspecified atom stereocenters. The van der Waals surface area contributed by atoms with Crippen LogP contribution >= 0.6 is 0 Å². The van der Waals surface area contributed by atoms with Gasteiger partial charge in [-0.2, -0.15) is 0 Å². The first-order valence-corrected chi connectivity index (χ1v) is 9.09. The number of hydrogen-bond acceptors (Lipinski definition) is 2. The van der Waals surface area contributed by atoms with Crippen LogP contribution in [-0.4, -0.2) is 20.2 Å². The molecule has 1 aromatic rings. The predicted molar refractivity (Wildman–Crippen MR) is 99.4 cm³/mol. The highest BCUT2D eigenvalue weighted by atomic mass is 16.5. The van der Waals surface area contributed by atoms with Gasteiger partial charge in [-0.15, -0.1) is 0 Å². The second kappa shape index (κ2) is 7.25. The van der Waals surface area contributed by atoms with Gasteiger partial charge >= 0.3 is 0 Å². The highest BCUT2D eigenvalue weighted by molar-refractivity contribution is 5.40. The third-order valence-electron chi connectivity index (χ3n) is 5.00. The summed E-state index contributed by atoms with van der Waals surface area (Å²) >= 11 is 0. The number of nitrogens with one attached hydrogen (secondary N) is 1. The molecule has 1 aromatic carbocycles. The molecule has 2 heteroatoms. The Bertz CT molecular complexity index is 507. The van der Waals surface area contributed by atoms with Gasteiger partial charge in [-0.25, -0.2) is 0 Å². The molecule has 1 fully saturated rings. The summed E-state index contributed by atoms with van der Waals surface area (Å²) in [5.41, 5.74) is 3.35. The highest BCUT2D eigenvalue weighted by Gasteiger charge is 2.28. The molecule has 1 aliphatic rings. The Labute approximate surface area is 143 Å². The van der Waals surface area contributed by atoms with Crippen molar-refractivity contribution in [3.8, 4) is 5.75 Å². The number of rotatable bonds is 5. The van der Waals surface area contributed by atoms with Crippen LogP contribution in [0.1, 0.15) is 65.0 Å². The molecule has 2 nitrogen and oxygen atoms in total. The van der Waals surface area contributed by atoms with E-state index in [-0.39, 0.29) is 5.41 Å². The lowest BCUT2D eigenvalue weighted by Crippen LogP contribution is -2.29. The average Bonchev–Trinajstić information content (AvgIpc) is 2.46. The maximum absolute atomic E-state index is 5.64. The van der Waals surface area contributed by atoms with Gasteiger partial charge in [0.2, 0.25) is 0 Å². The predicted octanol–water partition coefficient (Wildman–Crippen LogP) is 4.95. The van der Waals surface area contributed by atoms with Gasteiger partial charge in [0.1, 0.15) is 5.75 Å². The lowest BCUT2D eigenvalue weighted by atomic mass is 9.72. The highest BCUT2D eigenvalue weighted by Crippen LogP contribution is 2.38. The number of benzene rings is 1. The van der Waals surface area contributed by atoms with Crippen LogP contribution in [0, 0.1) is 11.3 Å². The van der Waals surface area contributed by atoms with Gasteiger partial charge in [-0.05, 0) is 72.7 Å². The molecule has 0 atom stereocenters. The molecule has 0 spiro atoms. The van der Waals surface area contributed by atoms with Gasteiger partial charge in [0.15, 0.2) is 0 Å². The number of ether oxygens (including phenoxy) is 1.